The summed E-state index contributed by atoms with van der Waals surface area (Å²) in [5, 5.41) is 10.4. The predicted molar refractivity (Wildman–Crippen MR) is 80.4 cm³/mol. The molecule has 0 atom stereocenters. The van der Waals surface area contributed by atoms with E-state index in [1.54, 1.807) is 0 Å². The van der Waals surface area contributed by atoms with Crippen LogP contribution < -0.4 is 11.1 Å². The monoisotopic (exact) mass is 288 g/mol. The van der Waals surface area contributed by atoms with Gasteiger partial charge in [0.2, 0.25) is 18.2 Å². The molecule has 0 unspecified atom stereocenters. The molecule has 6 nitrogen and oxygen atoms in total. The Hall–Kier alpha value is -2.21. The predicted octanol–water partition coefficient (Wildman–Crippen LogP) is 2.44. The Kier molecular flexibility index (Phi) is 4.70. The van der Waals surface area contributed by atoms with E-state index in [2.05, 4.69) is 15.5 Å². The lowest BCUT2D eigenvalue weighted by Gasteiger charge is -2.28. The highest BCUT2D eigenvalue weighted by Gasteiger charge is 2.33. The summed E-state index contributed by atoms with van der Waals surface area (Å²) in [5.74, 6) is 0.409. The number of carbonyl (C=O) groups is 1. The smallest absolute Gasteiger partial charge is 0.247 e. The van der Waals surface area contributed by atoms with E-state index in [1.165, 1.54) is 6.39 Å². The Morgan fingerprint density at radius 3 is 2.43 bits per heavy atom. The zero-order valence-corrected chi connectivity index (χ0v) is 12.3. The third-order valence-corrected chi connectivity index (χ3v) is 3.98. The van der Waals surface area contributed by atoms with Crippen LogP contribution in [0.2, 0.25) is 0 Å². The van der Waals surface area contributed by atoms with Crippen LogP contribution in [0, 0.1) is 5.41 Å². The van der Waals surface area contributed by atoms with E-state index in [1.807, 2.05) is 38.1 Å². The fourth-order valence-corrected chi connectivity index (χ4v) is 2.21. The fraction of sp³-hybridized carbons (Fsp3) is 0.400. The fourth-order valence-electron chi connectivity index (χ4n) is 2.21. The van der Waals surface area contributed by atoms with Gasteiger partial charge in [-0.05, 0) is 37.1 Å². The average molecular weight is 288 g/mol. The third kappa shape index (κ3) is 3.11. The van der Waals surface area contributed by atoms with Gasteiger partial charge in [0.05, 0.1) is 5.41 Å². The van der Waals surface area contributed by atoms with Gasteiger partial charge in [-0.2, -0.15) is 0 Å². The molecule has 2 aromatic rings. The largest absolute Gasteiger partial charge is 0.423 e. The first-order valence-corrected chi connectivity index (χ1v) is 7.03. The summed E-state index contributed by atoms with van der Waals surface area (Å²) in [6.07, 6.45) is 2.71. The quantitative estimate of drug-likeness (QED) is 0.851. The first kappa shape index (κ1) is 15.2. The van der Waals surface area contributed by atoms with Crippen LogP contribution in [-0.2, 0) is 4.79 Å². The Morgan fingerprint density at radius 2 is 1.95 bits per heavy atom. The second kappa shape index (κ2) is 6.49. The van der Waals surface area contributed by atoms with Crippen molar-refractivity contribution in [3.63, 3.8) is 0 Å². The van der Waals surface area contributed by atoms with Crippen LogP contribution in [0.3, 0.4) is 0 Å². The summed E-state index contributed by atoms with van der Waals surface area (Å²) in [4.78, 5) is 12.4. The normalized spacial score (nSPS) is 11.4. The van der Waals surface area contributed by atoms with Crippen molar-refractivity contribution < 1.29 is 9.21 Å². The molecule has 1 aromatic carbocycles. The number of aromatic nitrogens is 2. The van der Waals surface area contributed by atoms with Crippen molar-refractivity contribution in [1.82, 2.24) is 10.2 Å². The van der Waals surface area contributed by atoms with Gasteiger partial charge in [0.25, 0.3) is 0 Å². The van der Waals surface area contributed by atoms with E-state index in [-0.39, 0.29) is 5.91 Å². The highest BCUT2D eigenvalue weighted by molar-refractivity contribution is 5.95. The van der Waals surface area contributed by atoms with Crippen molar-refractivity contribution in [3.8, 4) is 11.5 Å². The summed E-state index contributed by atoms with van der Waals surface area (Å²) in [6, 6.07) is 7.27. The second-order valence-electron chi connectivity index (χ2n) is 4.97. The average Bonchev–Trinajstić information content (AvgIpc) is 3.05. The minimum Gasteiger partial charge on any atom is -0.423 e. The van der Waals surface area contributed by atoms with Crippen molar-refractivity contribution in [2.45, 2.75) is 26.7 Å². The summed E-state index contributed by atoms with van der Waals surface area (Å²) in [6.45, 7) is 4.30. The first-order valence-electron chi connectivity index (χ1n) is 7.03. The number of carbonyl (C=O) groups excluding carboxylic acids is 1. The topological polar surface area (TPSA) is 94.0 Å². The zero-order chi connectivity index (χ0) is 15.3. The highest BCUT2D eigenvalue weighted by Crippen LogP contribution is 2.27. The van der Waals surface area contributed by atoms with Crippen LogP contribution in [-0.4, -0.2) is 22.6 Å². The summed E-state index contributed by atoms with van der Waals surface area (Å²) < 4.78 is 5.12. The second-order valence-corrected chi connectivity index (χ2v) is 4.97. The molecule has 2 rings (SSSR count). The van der Waals surface area contributed by atoms with E-state index in [4.69, 9.17) is 10.2 Å². The molecule has 0 aliphatic rings. The number of amides is 1. The molecule has 6 heteroatoms. The van der Waals surface area contributed by atoms with Crippen molar-refractivity contribution in [1.29, 1.82) is 0 Å². The van der Waals surface area contributed by atoms with Gasteiger partial charge >= 0.3 is 0 Å². The Labute approximate surface area is 123 Å². The number of nitrogens with one attached hydrogen (secondary N) is 1. The van der Waals surface area contributed by atoms with Crippen molar-refractivity contribution in [2.75, 3.05) is 11.9 Å². The zero-order valence-electron chi connectivity index (χ0n) is 12.3. The minimum atomic E-state index is -0.509. The minimum absolute atomic E-state index is 0.0412. The Bertz CT molecular complexity index is 566. The van der Waals surface area contributed by atoms with Crippen LogP contribution in [0.1, 0.15) is 26.7 Å². The number of nitrogens with zero attached hydrogens (tertiary/aromatic N) is 2. The molecule has 0 aliphatic heterocycles. The molecule has 3 N–H and O–H groups in total. The Morgan fingerprint density at radius 1 is 1.29 bits per heavy atom. The maximum absolute atomic E-state index is 12.4. The van der Waals surface area contributed by atoms with Crippen molar-refractivity contribution in [2.24, 2.45) is 11.1 Å². The molecular formula is C15H20N4O2. The molecule has 0 fully saturated rings. The molecule has 112 valence electrons. The van der Waals surface area contributed by atoms with Crippen LogP contribution in [0.25, 0.3) is 11.5 Å². The molecule has 1 aromatic heterocycles. The SMILES string of the molecule is CCC(CC)(CN)C(=O)Nc1ccc(-c2nnco2)cc1. The van der Waals surface area contributed by atoms with Gasteiger partial charge in [-0.15, -0.1) is 10.2 Å². The van der Waals surface area contributed by atoms with Crippen molar-refractivity contribution in [3.05, 3.63) is 30.7 Å². The lowest BCUT2D eigenvalue weighted by atomic mass is 9.81. The molecule has 21 heavy (non-hydrogen) atoms. The number of nitrogens with two attached hydrogens (primary N) is 1. The lowest BCUT2D eigenvalue weighted by molar-refractivity contribution is -0.125. The van der Waals surface area contributed by atoms with Gasteiger partial charge in [0.1, 0.15) is 0 Å². The number of anilines is 1. The van der Waals surface area contributed by atoms with Gasteiger partial charge in [-0.3, -0.25) is 4.79 Å². The van der Waals surface area contributed by atoms with E-state index in [0.717, 1.165) is 11.3 Å². The van der Waals surface area contributed by atoms with E-state index < -0.39 is 5.41 Å². The van der Waals surface area contributed by atoms with Gasteiger partial charge in [-0.1, -0.05) is 13.8 Å². The third-order valence-electron chi connectivity index (χ3n) is 3.98. The Balaban J connectivity index is 2.11. The van der Waals surface area contributed by atoms with Gasteiger partial charge < -0.3 is 15.5 Å². The number of hydrogen-bond donors (Lipinski definition) is 2. The summed E-state index contributed by atoms with van der Waals surface area (Å²) in [7, 11) is 0. The van der Waals surface area contributed by atoms with Crippen LogP contribution in [0.15, 0.2) is 35.1 Å². The molecule has 0 saturated carbocycles. The standard InChI is InChI=1S/C15H20N4O2/c1-3-15(4-2,9-16)14(20)18-12-7-5-11(6-8-12)13-19-17-10-21-13/h5-8,10H,3-4,9,16H2,1-2H3,(H,18,20). The van der Waals surface area contributed by atoms with E-state index in [9.17, 15) is 4.79 Å². The summed E-state index contributed by atoms with van der Waals surface area (Å²) >= 11 is 0. The molecule has 0 aliphatic carbocycles. The number of benzene rings is 1. The van der Waals surface area contributed by atoms with Gasteiger partial charge in [0.15, 0.2) is 0 Å². The molecule has 1 heterocycles. The first-order chi connectivity index (χ1) is 10.1. The molecule has 0 radical (unpaired) electrons. The lowest BCUT2D eigenvalue weighted by Crippen LogP contribution is -2.41. The molecule has 0 spiro atoms. The molecule has 0 saturated heterocycles. The molecule has 1 amide bonds. The van der Waals surface area contributed by atoms with Crippen LogP contribution in [0.4, 0.5) is 5.69 Å². The number of hydrogen-bond acceptors (Lipinski definition) is 5. The maximum Gasteiger partial charge on any atom is 0.247 e. The van der Waals surface area contributed by atoms with E-state index >= 15 is 0 Å². The highest BCUT2D eigenvalue weighted by atomic mass is 16.4. The van der Waals surface area contributed by atoms with E-state index in [0.29, 0.717) is 25.3 Å². The molecule has 0 bridgehead atoms. The van der Waals surface area contributed by atoms with Crippen LogP contribution >= 0.6 is 0 Å². The van der Waals surface area contributed by atoms with Gasteiger partial charge in [-0.25, -0.2) is 0 Å². The van der Waals surface area contributed by atoms with Crippen molar-refractivity contribution >= 4 is 11.6 Å². The maximum atomic E-state index is 12.4. The molecular weight excluding hydrogens is 268 g/mol. The van der Waals surface area contributed by atoms with Crippen LogP contribution in [0.5, 0.6) is 0 Å². The number of rotatable bonds is 6. The summed E-state index contributed by atoms with van der Waals surface area (Å²) in [5.41, 5.74) is 6.81. The van der Waals surface area contributed by atoms with Gasteiger partial charge in [0, 0.05) is 17.8 Å².